The molecule has 0 fully saturated rings. The van der Waals surface area contributed by atoms with E-state index in [2.05, 4.69) is 6.92 Å². The maximum absolute atomic E-state index is 12.2. The fraction of sp³-hybridized carbons (Fsp3) is 0.536. The van der Waals surface area contributed by atoms with E-state index in [1.807, 2.05) is 0 Å². The number of esters is 1. The van der Waals surface area contributed by atoms with Gasteiger partial charge in [0, 0.05) is 0 Å². The van der Waals surface area contributed by atoms with Gasteiger partial charge in [0.25, 0.3) is 0 Å². The fourth-order valence-corrected chi connectivity index (χ4v) is 3.68. The summed E-state index contributed by atoms with van der Waals surface area (Å²) >= 11 is 0. The molecule has 0 spiro atoms. The summed E-state index contributed by atoms with van der Waals surface area (Å²) in [6.07, 6.45) is 17.4. The summed E-state index contributed by atoms with van der Waals surface area (Å²) < 4.78 is 11.1. The molecule has 0 aliphatic rings. The van der Waals surface area contributed by atoms with Gasteiger partial charge < -0.3 is 14.6 Å². The van der Waals surface area contributed by atoms with E-state index < -0.39 is 5.97 Å². The zero-order valence-corrected chi connectivity index (χ0v) is 19.7. The molecule has 2 rings (SSSR count). The highest BCUT2D eigenvalue weighted by Gasteiger charge is 2.09. The Bertz CT molecular complexity index is 737. The van der Waals surface area contributed by atoms with Gasteiger partial charge in [0.05, 0.1) is 12.2 Å². The molecule has 0 bridgehead atoms. The normalized spacial score (nSPS) is 10.8. The molecular formula is C28H40O4. The van der Waals surface area contributed by atoms with Crippen molar-refractivity contribution >= 4 is 5.97 Å². The first-order valence-corrected chi connectivity index (χ1v) is 12.4. The Morgan fingerprint density at radius 1 is 0.656 bits per heavy atom. The maximum atomic E-state index is 12.2. The van der Waals surface area contributed by atoms with Gasteiger partial charge in [-0.05, 0) is 55.0 Å². The molecule has 4 heteroatoms. The van der Waals surface area contributed by atoms with Gasteiger partial charge in [-0.3, -0.25) is 0 Å². The maximum Gasteiger partial charge on any atom is 0.343 e. The van der Waals surface area contributed by atoms with Crippen molar-refractivity contribution in [3.8, 4) is 17.2 Å². The smallest absolute Gasteiger partial charge is 0.343 e. The molecule has 0 unspecified atom stereocenters. The topological polar surface area (TPSA) is 55.8 Å². The predicted molar refractivity (Wildman–Crippen MR) is 131 cm³/mol. The Labute approximate surface area is 194 Å². The van der Waals surface area contributed by atoms with Crippen LogP contribution in [0.2, 0.25) is 0 Å². The van der Waals surface area contributed by atoms with Crippen molar-refractivity contribution in [1.29, 1.82) is 0 Å². The number of hydrogen-bond acceptors (Lipinski definition) is 4. The van der Waals surface area contributed by atoms with E-state index in [1.165, 1.54) is 89.2 Å². The SMILES string of the molecule is CCCCCCCCCCCCCCCOc1ccc(C(=O)Oc2ccc(O)cc2)cc1. The molecule has 1 N–H and O–H groups in total. The number of hydrogen-bond donors (Lipinski definition) is 1. The number of ether oxygens (including phenoxy) is 2. The third-order valence-corrected chi connectivity index (χ3v) is 5.65. The Morgan fingerprint density at radius 3 is 1.66 bits per heavy atom. The molecule has 2 aromatic rings. The van der Waals surface area contributed by atoms with Gasteiger partial charge in [-0.25, -0.2) is 4.79 Å². The number of phenols is 1. The van der Waals surface area contributed by atoms with Crippen molar-refractivity contribution in [2.75, 3.05) is 6.61 Å². The highest BCUT2D eigenvalue weighted by Crippen LogP contribution is 2.19. The van der Waals surface area contributed by atoms with Crippen molar-refractivity contribution < 1.29 is 19.4 Å². The van der Waals surface area contributed by atoms with E-state index >= 15 is 0 Å². The molecule has 4 nitrogen and oxygen atoms in total. The molecule has 0 aliphatic heterocycles. The average Bonchev–Trinajstić information content (AvgIpc) is 2.81. The van der Waals surface area contributed by atoms with Crippen molar-refractivity contribution in [2.24, 2.45) is 0 Å². The Hall–Kier alpha value is -2.49. The summed E-state index contributed by atoms with van der Waals surface area (Å²) in [5, 5.41) is 9.28. The molecule has 176 valence electrons. The minimum Gasteiger partial charge on any atom is -0.508 e. The van der Waals surface area contributed by atoms with E-state index in [4.69, 9.17) is 9.47 Å². The number of phenolic OH excluding ortho intramolecular Hbond substituents is 1. The van der Waals surface area contributed by atoms with Gasteiger partial charge in [-0.1, -0.05) is 84.0 Å². The van der Waals surface area contributed by atoms with Gasteiger partial charge in [0.2, 0.25) is 0 Å². The average molecular weight is 441 g/mol. The van der Waals surface area contributed by atoms with Crippen molar-refractivity contribution in [2.45, 2.75) is 90.4 Å². The number of carbonyl (C=O) groups excluding carboxylic acids is 1. The largest absolute Gasteiger partial charge is 0.508 e. The van der Waals surface area contributed by atoms with E-state index in [9.17, 15) is 9.90 Å². The monoisotopic (exact) mass is 440 g/mol. The predicted octanol–water partition coefficient (Wildman–Crippen LogP) is 8.08. The lowest BCUT2D eigenvalue weighted by molar-refractivity contribution is 0.0734. The van der Waals surface area contributed by atoms with Gasteiger partial charge in [-0.2, -0.15) is 0 Å². The van der Waals surface area contributed by atoms with E-state index in [0.29, 0.717) is 17.9 Å². The standard InChI is InChI=1S/C28H40O4/c1-2-3-4-5-6-7-8-9-10-11-12-13-14-23-31-26-19-15-24(16-20-26)28(30)32-27-21-17-25(29)18-22-27/h15-22,29H,2-14,23H2,1H3. The van der Waals surface area contributed by atoms with Crippen LogP contribution in [-0.4, -0.2) is 17.7 Å². The molecule has 0 amide bonds. The first kappa shape index (κ1) is 25.8. The first-order chi connectivity index (χ1) is 15.7. The lowest BCUT2D eigenvalue weighted by atomic mass is 10.0. The van der Waals surface area contributed by atoms with Crippen LogP contribution in [0.15, 0.2) is 48.5 Å². The van der Waals surface area contributed by atoms with Crippen LogP contribution in [0.25, 0.3) is 0 Å². The van der Waals surface area contributed by atoms with Crippen LogP contribution in [-0.2, 0) is 0 Å². The highest BCUT2D eigenvalue weighted by molar-refractivity contribution is 5.91. The van der Waals surface area contributed by atoms with Crippen LogP contribution >= 0.6 is 0 Å². The number of aromatic hydroxyl groups is 1. The summed E-state index contributed by atoms with van der Waals surface area (Å²) in [5.74, 6) is 0.870. The number of rotatable bonds is 17. The molecule has 0 heterocycles. The Morgan fingerprint density at radius 2 is 1.12 bits per heavy atom. The zero-order chi connectivity index (χ0) is 22.9. The van der Waals surface area contributed by atoms with Crippen molar-refractivity contribution in [3.05, 3.63) is 54.1 Å². The van der Waals surface area contributed by atoms with Gasteiger partial charge >= 0.3 is 5.97 Å². The molecule has 0 aromatic heterocycles. The second-order valence-electron chi connectivity index (χ2n) is 8.50. The van der Waals surface area contributed by atoms with E-state index in [0.717, 1.165) is 12.2 Å². The summed E-state index contributed by atoms with van der Waals surface area (Å²) in [6, 6.07) is 13.1. The summed E-state index contributed by atoms with van der Waals surface area (Å²) in [4.78, 5) is 12.2. The molecule has 32 heavy (non-hydrogen) atoms. The Kier molecular flexibility index (Phi) is 13.0. The Balaban J connectivity index is 1.47. The highest BCUT2D eigenvalue weighted by atomic mass is 16.5. The fourth-order valence-electron chi connectivity index (χ4n) is 3.68. The number of unbranched alkanes of at least 4 members (excludes halogenated alkanes) is 12. The van der Waals surface area contributed by atoms with Crippen molar-refractivity contribution in [3.63, 3.8) is 0 Å². The van der Waals surface area contributed by atoms with Crippen LogP contribution in [0.3, 0.4) is 0 Å². The van der Waals surface area contributed by atoms with Crippen LogP contribution in [0.5, 0.6) is 17.2 Å². The first-order valence-electron chi connectivity index (χ1n) is 12.4. The second-order valence-corrected chi connectivity index (χ2v) is 8.50. The van der Waals surface area contributed by atoms with Crippen LogP contribution in [0, 0.1) is 0 Å². The van der Waals surface area contributed by atoms with Crippen LogP contribution in [0.4, 0.5) is 0 Å². The lowest BCUT2D eigenvalue weighted by Crippen LogP contribution is -2.08. The minimum atomic E-state index is -0.432. The summed E-state index contributed by atoms with van der Waals surface area (Å²) in [7, 11) is 0. The number of carbonyl (C=O) groups is 1. The third kappa shape index (κ3) is 11.2. The van der Waals surface area contributed by atoms with Gasteiger partial charge in [0.1, 0.15) is 17.2 Å². The molecule has 2 aromatic carbocycles. The third-order valence-electron chi connectivity index (χ3n) is 5.65. The molecule has 0 atom stereocenters. The number of benzene rings is 2. The second kappa shape index (κ2) is 16.2. The van der Waals surface area contributed by atoms with Crippen molar-refractivity contribution in [1.82, 2.24) is 0 Å². The van der Waals surface area contributed by atoms with Gasteiger partial charge in [-0.15, -0.1) is 0 Å². The van der Waals surface area contributed by atoms with E-state index in [1.54, 1.807) is 36.4 Å². The van der Waals surface area contributed by atoms with Crippen LogP contribution in [0.1, 0.15) is 101 Å². The minimum absolute atomic E-state index is 0.134. The van der Waals surface area contributed by atoms with E-state index in [-0.39, 0.29) is 5.75 Å². The quantitative estimate of drug-likeness (QED) is 0.153. The zero-order valence-electron chi connectivity index (χ0n) is 19.7. The van der Waals surface area contributed by atoms with Crippen LogP contribution < -0.4 is 9.47 Å². The summed E-state index contributed by atoms with van der Waals surface area (Å²) in [6.45, 7) is 2.97. The molecule has 0 radical (unpaired) electrons. The molecular weight excluding hydrogens is 400 g/mol. The molecule has 0 aliphatic carbocycles. The summed E-state index contributed by atoms with van der Waals surface area (Å²) in [5.41, 5.74) is 0.464. The molecule has 0 saturated heterocycles. The molecule has 0 saturated carbocycles. The lowest BCUT2D eigenvalue weighted by Gasteiger charge is -2.08. The van der Waals surface area contributed by atoms with Gasteiger partial charge in [0.15, 0.2) is 0 Å².